The Morgan fingerprint density at radius 3 is 2.49 bits per heavy atom. The summed E-state index contributed by atoms with van der Waals surface area (Å²) < 4.78 is 32.0. The maximum absolute atomic E-state index is 13.0. The lowest BCUT2D eigenvalue weighted by atomic mass is 9.86. The van der Waals surface area contributed by atoms with E-state index >= 15 is 0 Å². The van der Waals surface area contributed by atoms with Gasteiger partial charge in [0.25, 0.3) is 0 Å². The fourth-order valence-corrected chi connectivity index (χ4v) is 6.92. The second kappa shape index (κ2) is 15.2. The van der Waals surface area contributed by atoms with Crippen LogP contribution in [0.15, 0.2) is 47.5 Å². The molecule has 1 fully saturated rings. The monoisotopic (exact) mass is 627 g/mol. The van der Waals surface area contributed by atoms with Gasteiger partial charge in [-0.3, -0.25) is 0 Å². The molecule has 0 bridgehead atoms. The summed E-state index contributed by atoms with van der Waals surface area (Å²) in [6, 6.07) is 11.0. The van der Waals surface area contributed by atoms with Gasteiger partial charge in [-0.15, -0.1) is 0 Å². The van der Waals surface area contributed by atoms with Crippen molar-refractivity contribution in [1.29, 1.82) is 0 Å². The molecule has 1 aliphatic rings. The second-order valence-electron chi connectivity index (χ2n) is 11.5. The molecule has 1 aliphatic heterocycles. The number of piperidine rings is 1. The third kappa shape index (κ3) is 8.40. The molecule has 4 rings (SSSR count). The number of nitrogens with one attached hydrogen (secondary N) is 2. The number of anilines is 4. The minimum atomic E-state index is -3.52. The third-order valence-electron chi connectivity index (χ3n) is 8.08. The Kier molecular flexibility index (Phi) is 11.7. The van der Waals surface area contributed by atoms with Crippen LogP contribution in [0.25, 0.3) is 0 Å². The summed E-state index contributed by atoms with van der Waals surface area (Å²) in [4.78, 5) is 11.8. The van der Waals surface area contributed by atoms with Crippen molar-refractivity contribution in [2.75, 3.05) is 36.9 Å². The number of unbranched alkanes of at least 4 members (excludes halogenated alkanes) is 3. The van der Waals surface area contributed by atoms with Gasteiger partial charge >= 0.3 is 0 Å². The molecule has 43 heavy (non-hydrogen) atoms. The predicted molar refractivity (Wildman–Crippen MR) is 177 cm³/mol. The molecule has 0 saturated carbocycles. The van der Waals surface area contributed by atoms with Crippen molar-refractivity contribution in [1.82, 2.24) is 14.9 Å². The van der Waals surface area contributed by atoms with Gasteiger partial charge in [0.05, 0.1) is 34.3 Å². The number of nitrogens with zero attached hydrogens (tertiary/aromatic N) is 3. The molecular weight excluding hydrogens is 582 g/mol. The van der Waals surface area contributed by atoms with E-state index in [2.05, 4.69) is 51.5 Å². The molecule has 1 saturated heterocycles. The fourth-order valence-electron chi connectivity index (χ4n) is 5.58. The summed E-state index contributed by atoms with van der Waals surface area (Å²) in [5.74, 6) is 1.88. The summed E-state index contributed by atoms with van der Waals surface area (Å²) in [7, 11) is -3.52. The summed E-state index contributed by atoms with van der Waals surface area (Å²) in [5, 5.41) is 6.13. The lowest BCUT2D eigenvalue weighted by molar-refractivity contribution is 0.208. The van der Waals surface area contributed by atoms with Crippen LogP contribution in [0.3, 0.4) is 0 Å². The number of halogens is 1. The minimum Gasteiger partial charge on any atom is -0.492 e. The van der Waals surface area contributed by atoms with Gasteiger partial charge in [0.1, 0.15) is 10.8 Å². The number of para-hydroxylation sites is 1. The van der Waals surface area contributed by atoms with Gasteiger partial charge in [0.15, 0.2) is 15.7 Å². The van der Waals surface area contributed by atoms with Gasteiger partial charge < -0.3 is 20.3 Å². The highest BCUT2D eigenvalue weighted by molar-refractivity contribution is 7.92. The Morgan fingerprint density at radius 2 is 1.79 bits per heavy atom. The van der Waals surface area contributed by atoms with Crippen molar-refractivity contribution in [3.63, 3.8) is 0 Å². The molecule has 0 radical (unpaired) electrons. The van der Waals surface area contributed by atoms with Gasteiger partial charge in [0.2, 0.25) is 5.95 Å². The molecule has 0 unspecified atom stereocenters. The zero-order chi connectivity index (χ0) is 31.0. The van der Waals surface area contributed by atoms with Crippen LogP contribution < -0.4 is 15.4 Å². The molecule has 8 nitrogen and oxygen atoms in total. The lowest BCUT2D eigenvalue weighted by Crippen LogP contribution is -2.33. The maximum atomic E-state index is 13.0. The number of benzene rings is 2. The first-order valence-electron chi connectivity index (χ1n) is 15.5. The molecule has 2 N–H and O–H groups in total. The smallest absolute Gasteiger partial charge is 0.229 e. The highest BCUT2D eigenvalue weighted by Gasteiger charge is 2.25. The molecule has 0 amide bonds. The largest absolute Gasteiger partial charge is 0.492 e. The van der Waals surface area contributed by atoms with Crippen LogP contribution in [0, 0.1) is 6.92 Å². The van der Waals surface area contributed by atoms with E-state index in [0.717, 1.165) is 37.4 Å². The Labute approximate surface area is 262 Å². The molecule has 2 heterocycles. The van der Waals surface area contributed by atoms with Crippen molar-refractivity contribution < 1.29 is 13.2 Å². The molecule has 234 valence electrons. The van der Waals surface area contributed by atoms with Crippen LogP contribution in [-0.4, -0.2) is 54.8 Å². The van der Waals surface area contributed by atoms with Crippen molar-refractivity contribution in [3.8, 4) is 5.75 Å². The van der Waals surface area contributed by atoms with Gasteiger partial charge in [-0.25, -0.2) is 13.4 Å². The SMILES string of the molecule is CCCCCCN1CCC(c2cc(OCC)c(Nc3ncc(Cl)c(Nc4ccccc4S(=O)(=O)C(C)C)n3)cc2C)CC1. The summed E-state index contributed by atoms with van der Waals surface area (Å²) in [6.45, 7) is 13.7. The number of sulfone groups is 1. The minimum absolute atomic E-state index is 0.196. The topological polar surface area (TPSA) is 96.5 Å². The number of hydrogen-bond acceptors (Lipinski definition) is 8. The van der Waals surface area contributed by atoms with Crippen LogP contribution in [0.1, 0.15) is 83.3 Å². The number of aromatic nitrogens is 2. The zero-order valence-electron chi connectivity index (χ0n) is 26.1. The Morgan fingerprint density at radius 1 is 1.05 bits per heavy atom. The Balaban J connectivity index is 1.52. The van der Waals surface area contributed by atoms with E-state index in [1.165, 1.54) is 49.6 Å². The number of rotatable bonds is 14. The summed E-state index contributed by atoms with van der Waals surface area (Å²) >= 11 is 6.45. The molecule has 0 aliphatic carbocycles. The van der Waals surface area contributed by atoms with Gasteiger partial charge in [0, 0.05) is 0 Å². The van der Waals surface area contributed by atoms with Gasteiger partial charge in [-0.2, -0.15) is 4.98 Å². The average molecular weight is 628 g/mol. The summed E-state index contributed by atoms with van der Waals surface area (Å²) in [5.41, 5.74) is 3.71. The maximum Gasteiger partial charge on any atom is 0.229 e. The zero-order valence-corrected chi connectivity index (χ0v) is 27.7. The Bertz CT molecular complexity index is 1470. The predicted octanol–water partition coefficient (Wildman–Crippen LogP) is 8.27. The normalized spacial score (nSPS) is 14.7. The fraction of sp³-hybridized carbons (Fsp3) is 0.515. The highest BCUT2D eigenvalue weighted by atomic mass is 35.5. The van der Waals surface area contributed by atoms with Crippen molar-refractivity contribution in [2.24, 2.45) is 0 Å². The number of ether oxygens (including phenoxy) is 1. The first-order chi connectivity index (χ1) is 20.6. The first-order valence-corrected chi connectivity index (χ1v) is 17.5. The number of likely N-dealkylation sites (tertiary alicyclic amines) is 1. The van der Waals surface area contributed by atoms with E-state index in [4.69, 9.17) is 16.3 Å². The van der Waals surface area contributed by atoms with Crippen molar-refractivity contribution >= 4 is 44.6 Å². The highest BCUT2D eigenvalue weighted by Crippen LogP contribution is 2.38. The number of aryl methyl sites for hydroxylation is 1. The van der Waals surface area contributed by atoms with Crippen LogP contribution in [0.5, 0.6) is 5.75 Å². The van der Waals surface area contributed by atoms with E-state index < -0.39 is 15.1 Å². The molecular formula is C33H46ClN5O3S. The van der Waals surface area contributed by atoms with Crippen LogP contribution in [-0.2, 0) is 9.84 Å². The van der Waals surface area contributed by atoms with Crippen LogP contribution in [0.2, 0.25) is 5.02 Å². The second-order valence-corrected chi connectivity index (χ2v) is 14.4. The van der Waals surface area contributed by atoms with E-state index in [1.54, 1.807) is 38.1 Å². The van der Waals surface area contributed by atoms with Crippen molar-refractivity contribution in [2.45, 2.75) is 89.2 Å². The molecule has 3 aromatic rings. The lowest BCUT2D eigenvalue weighted by Gasteiger charge is -2.33. The number of hydrogen-bond donors (Lipinski definition) is 2. The third-order valence-corrected chi connectivity index (χ3v) is 10.6. The molecule has 0 atom stereocenters. The average Bonchev–Trinajstić information content (AvgIpc) is 2.99. The first kappa shape index (κ1) is 33.0. The van der Waals surface area contributed by atoms with Gasteiger partial charge in [-0.1, -0.05) is 49.9 Å². The molecule has 1 aromatic heterocycles. The Hall–Kier alpha value is -2.88. The van der Waals surface area contributed by atoms with Gasteiger partial charge in [-0.05, 0) is 108 Å². The van der Waals surface area contributed by atoms with E-state index in [0.29, 0.717) is 30.0 Å². The van der Waals surface area contributed by atoms with Crippen molar-refractivity contribution in [3.05, 3.63) is 58.7 Å². The van der Waals surface area contributed by atoms with E-state index in [1.807, 2.05) is 6.92 Å². The van der Waals surface area contributed by atoms with E-state index in [9.17, 15) is 8.42 Å². The van der Waals surface area contributed by atoms with E-state index in [-0.39, 0.29) is 9.92 Å². The molecule has 2 aromatic carbocycles. The van der Waals surface area contributed by atoms with Crippen LogP contribution >= 0.6 is 11.6 Å². The van der Waals surface area contributed by atoms with Crippen LogP contribution in [0.4, 0.5) is 23.1 Å². The quantitative estimate of drug-likeness (QED) is 0.172. The summed E-state index contributed by atoms with van der Waals surface area (Å²) in [6.07, 6.45) is 9.01. The molecule has 0 spiro atoms. The standard InChI is InChI=1S/C33H46ClN5O3S/c1-6-8-9-12-17-39-18-15-25(16-19-39)26-21-30(42-7-2)29(20-24(26)5)37-33-35-22-27(34)32(38-33)36-28-13-10-11-14-31(28)43(40,41)23(3)4/h10-11,13-14,20-23,25H,6-9,12,15-19H2,1-5H3,(H2,35,36,37,38). The molecule has 10 heteroatoms.